The molecule has 1 heterocycles. The lowest BCUT2D eigenvalue weighted by Crippen LogP contribution is -2.34. The van der Waals surface area contributed by atoms with Gasteiger partial charge < -0.3 is 16.0 Å². The van der Waals surface area contributed by atoms with Gasteiger partial charge in [0.05, 0.1) is 0 Å². The highest BCUT2D eigenvalue weighted by Crippen LogP contribution is 2.17. The molecule has 1 aromatic rings. The van der Waals surface area contributed by atoms with Crippen molar-refractivity contribution < 1.29 is 0 Å². The van der Waals surface area contributed by atoms with Crippen molar-refractivity contribution in [2.75, 3.05) is 23.8 Å². The van der Waals surface area contributed by atoms with E-state index in [1.165, 1.54) is 0 Å². The second-order valence-electron chi connectivity index (χ2n) is 6.03. The van der Waals surface area contributed by atoms with Gasteiger partial charge in [0.25, 0.3) is 0 Å². The Kier molecular flexibility index (Phi) is 5.11. The van der Waals surface area contributed by atoms with E-state index in [0.717, 1.165) is 30.4 Å². The molecule has 0 aliphatic rings. The van der Waals surface area contributed by atoms with E-state index < -0.39 is 0 Å². The van der Waals surface area contributed by atoms with Crippen molar-refractivity contribution in [2.24, 2.45) is 5.73 Å². The van der Waals surface area contributed by atoms with E-state index in [-0.39, 0.29) is 5.54 Å². The van der Waals surface area contributed by atoms with E-state index in [4.69, 9.17) is 5.73 Å². The zero-order valence-electron chi connectivity index (χ0n) is 13.0. The molecule has 0 saturated carbocycles. The summed E-state index contributed by atoms with van der Waals surface area (Å²) in [5.41, 5.74) is 5.81. The largest absolute Gasteiger partial charge is 0.370 e. The molecule has 0 radical (unpaired) electrons. The summed E-state index contributed by atoms with van der Waals surface area (Å²) in [5.74, 6) is 2.58. The van der Waals surface area contributed by atoms with Crippen molar-refractivity contribution in [3.8, 4) is 0 Å². The predicted molar refractivity (Wildman–Crippen MR) is 81.7 cm³/mol. The SMILES string of the molecule is Cc1nc(NCCC(C)(C)N)cc(N(C)C(C)C)n1. The Morgan fingerprint density at radius 1 is 1.37 bits per heavy atom. The van der Waals surface area contributed by atoms with Crippen LogP contribution in [-0.2, 0) is 0 Å². The van der Waals surface area contributed by atoms with Crippen LogP contribution in [0.3, 0.4) is 0 Å². The van der Waals surface area contributed by atoms with Crippen LogP contribution in [0.1, 0.15) is 39.9 Å². The lowest BCUT2D eigenvalue weighted by Gasteiger charge is -2.23. The molecule has 0 saturated heterocycles. The number of anilines is 2. The van der Waals surface area contributed by atoms with Gasteiger partial charge in [0.2, 0.25) is 0 Å². The molecule has 0 fully saturated rings. The first-order valence-corrected chi connectivity index (χ1v) is 6.80. The highest BCUT2D eigenvalue weighted by Gasteiger charge is 2.11. The number of nitrogens with zero attached hydrogens (tertiary/aromatic N) is 3. The van der Waals surface area contributed by atoms with Crippen LogP contribution in [0, 0.1) is 6.92 Å². The fraction of sp³-hybridized carbons (Fsp3) is 0.714. The van der Waals surface area contributed by atoms with Gasteiger partial charge in [-0.1, -0.05) is 0 Å². The van der Waals surface area contributed by atoms with Gasteiger partial charge in [-0.15, -0.1) is 0 Å². The van der Waals surface area contributed by atoms with Crippen molar-refractivity contribution >= 4 is 11.6 Å². The fourth-order valence-electron chi connectivity index (χ4n) is 1.60. The third-order valence-electron chi connectivity index (χ3n) is 3.04. The summed E-state index contributed by atoms with van der Waals surface area (Å²) in [6.45, 7) is 11.1. The molecule has 3 N–H and O–H groups in total. The Balaban J connectivity index is 2.74. The van der Waals surface area contributed by atoms with Crippen molar-refractivity contribution in [3.05, 3.63) is 11.9 Å². The van der Waals surface area contributed by atoms with Gasteiger partial charge in [-0.05, 0) is 41.0 Å². The third-order valence-corrected chi connectivity index (χ3v) is 3.04. The van der Waals surface area contributed by atoms with Crippen LogP contribution in [0.4, 0.5) is 11.6 Å². The molecular weight excluding hydrogens is 238 g/mol. The smallest absolute Gasteiger partial charge is 0.134 e. The monoisotopic (exact) mass is 265 g/mol. The molecule has 1 rings (SSSR count). The van der Waals surface area contributed by atoms with Crippen LogP contribution in [0.15, 0.2) is 6.07 Å². The van der Waals surface area contributed by atoms with Crippen LogP contribution in [0.25, 0.3) is 0 Å². The number of hydrogen-bond donors (Lipinski definition) is 2. The van der Waals surface area contributed by atoms with Gasteiger partial charge in [0.15, 0.2) is 0 Å². The quantitative estimate of drug-likeness (QED) is 0.825. The predicted octanol–water partition coefficient (Wildman–Crippen LogP) is 2.17. The summed E-state index contributed by atoms with van der Waals surface area (Å²) >= 11 is 0. The number of aryl methyl sites for hydroxylation is 1. The number of nitrogens with one attached hydrogen (secondary N) is 1. The molecule has 0 aromatic carbocycles. The molecule has 19 heavy (non-hydrogen) atoms. The minimum absolute atomic E-state index is 0.160. The normalized spacial score (nSPS) is 11.8. The van der Waals surface area contributed by atoms with Crippen molar-refractivity contribution in [2.45, 2.75) is 52.6 Å². The second kappa shape index (κ2) is 6.19. The minimum atomic E-state index is -0.160. The molecule has 0 aliphatic carbocycles. The van der Waals surface area contributed by atoms with Crippen LogP contribution in [0.2, 0.25) is 0 Å². The Labute approximate surface area is 116 Å². The van der Waals surface area contributed by atoms with Gasteiger partial charge in [-0.3, -0.25) is 0 Å². The average molecular weight is 265 g/mol. The van der Waals surface area contributed by atoms with Crippen molar-refractivity contribution in [1.29, 1.82) is 0 Å². The first-order chi connectivity index (χ1) is 8.69. The molecule has 0 unspecified atom stereocenters. The molecule has 108 valence electrons. The molecule has 0 aliphatic heterocycles. The molecule has 0 spiro atoms. The maximum absolute atomic E-state index is 5.97. The van der Waals surface area contributed by atoms with Crippen LogP contribution in [0.5, 0.6) is 0 Å². The average Bonchev–Trinajstić information content (AvgIpc) is 2.25. The standard InChI is InChI=1S/C14H27N5/c1-10(2)19(6)13-9-12(17-11(3)18-13)16-8-7-14(4,5)15/h9-10H,7-8,15H2,1-6H3,(H,16,17,18). The number of nitrogens with two attached hydrogens (primary N) is 1. The zero-order chi connectivity index (χ0) is 14.6. The third kappa shape index (κ3) is 5.42. The summed E-state index contributed by atoms with van der Waals surface area (Å²) in [4.78, 5) is 11.0. The summed E-state index contributed by atoms with van der Waals surface area (Å²) in [7, 11) is 2.04. The van der Waals surface area contributed by atoms with Crippen LogP contribution in [-0.4, -0.2) is 35.1 Å². The van der Waals surface area contributed by atoms with Gasteiger partial charge in [-0.2, -0.15) is 0 Å². The molecule has 0 bridgehead atoms. The lowest BCUT2D eigenvalue weighted by molar-refractivity contribution is 0.490. The van der Waals surface area contributed by atoms with Gasteiger partial charge >= 0.3 is 0 Å². The highest BCUT2D eigenvalue weighted by atomic mass is 15.2. The van der Waals surface area contributed by atoms with Gasteiger partial charge in [0.1, 0.15) is 17.5 Å². The number of aromatic nitrogens is 2. The Bertz CT molecular complexity index is 409. The Morgan fingerprint density at radius 2 is 2.00 bits per heavy atom. The van der Waals surface area contributed by atoms with E-state index in [9.17, 15) is 0 Å². The first kappa shape index (κ1) is 15.7. The van der Waals surface area contributed by atoms with Crippen LogP contribution >= 0.6 is 0 Å². The number of rotatable bonds is 6. The minimum Gasteiger partial charge on any atom is -0.370 e. The highest BCUT2D eigenvalue weighted by molar-refractivity contribution is 5.49. The summed E-state index contributed by atoms with van der Waals surface area (Å²) in [6.07, 6.45) is 0.894. The van der Waals surface area contributed by atoms with E-state index in [0.29, 0.717) is 6.04 Å². The van der Waals surface area contributed by atoms with E-state index in [1.54, 1.807) is 0 Å². The van der Waals surface area contributed by atoms with Crippen LogP contribution < -0.4 is 16.0 Å². The van der Waals surface area contributed by atoms with Crippen molar-refractivity contribution in [1.82, 2.24) is 9.97 Å². The molecule has 0 amide bonds. The first-order valence-electron chi connectivity index (χ1n) is 6.80. The molecular formula is C14H27N5. The van der Waals surface area contributed by atoms with Gasteiger partial charge in [-0.25, -0.2) is 9.97 Å². The summed E-state index contributed by atoms with van der Waals surface area (Å²) < 4.78 is 0. The summed E-state index contributed by atoms with van der Waals surface area (Å²) in [5, 5.41) is 3.32. The second-order valence-corrected chi connectivity index (χ2v) is 6.03. The van der Waals surface area contributed by atoms with E-state index >= 15 is 0 Å². The molecule has 0 atom stereocenters. The van der Waals surface area contributed by atoms with Gasteiger partial charge in [0, 0.05) is 31.2 Å². The molecule has 5 heteroatoms. The van der Waals surface area contributed by atoms with E-state index in [1.807, 2.05) is 33.9 Å². The summed E-state index contributed by atoms with van der Waals surface area (Å²) in [6, 6.07) is 2.39. The lowest BCUT2D eigenvalue weighted by atomic mass is 10.0. The number of hydrogen-bond acceptors (Lipinski definition) is 5. The molecule has 5 nitrogen and oxygen atoms in total. The molecule has 1 aromatic heterocycles. The Morgan fingerprint density at radius 3 is 2.53 bits per heavy atom. The van der Waals surface area contributed by atoms with Crippen molar-refractivity contribution in [3.63, 3.8) is 0 Å². The maximum Gasteiger partial charge on any atom is 0.134 e. The zero-order valence-corrected chi connectivity index (χ0v) is 13.0. The maximum atomic E-state index is 5.97. The Hall–Kier alpha value is -1.36. The topological polar surface area (TPSA) is 67.1 Å². The fourth-order valence-corrected chi connectivity index (χ4v) is 1.60. The van der Waals surface area contributed by atoms with E-state index in [2.05, 4.69) is 34.0 Å².